The Hall–Kier alpha value is -1.36. The monoisotopic (exact) mass is 279 g/mol. The van der Waals surface area contributed by atoms with Crippen LogP contribution in [0.15, 0.2) is 18.2 Å². The van der Waals surface area contributed by atoms with Crippen LogP contribution in [0.1, 0.15) is 24.2 Å². The lowest BCUT2D eigenvalue weighted by atomic mass is 10.1. The smallest absolute Gasteiger partial charge is 0.253 e. The van der Waals surface area contributed by atoms with Gasteiger partial charge in [-0.15, -0.1) is 0 Å². The Morgan fingerprint density at radius 3 is 2.89 bits per heavy atom. The minimum absolute atomic E-state index is 0.0620. The summed E-state index contributed by atoms with van der Waals surface area (Å²) < 4.78 is 0. The van der Waals surface area contributed by atoms with E-state index >= 15 is 0 Å². The van der Waals surface area contributed by atoms with Gasteiger partial charge in [0.15, 0.2) is 0 Å². The van der Waals surface area contributed by atoms with Gasteiger partial charge in [-0.1, -0.05) is 6.92 Å². The third kappa shape index (κ3) is 2.81. The standard InChI is InChI=1S/C14H21N3OS/c1-9-10(2)19-7-6-17(9)13-8-11(15)4-5-12(13)14(18)16-3/h4-5,8-10H,6-7,15H2,1-3H3,(H,16,18). The summed E-state index contributed by atoms with van der Waals surface area (Å²) >= 11 is 1.98. The van der Waals surface area contributed by atoms with E-state index in [1.807, 2.05) is 23.9 Å². The molecule has 19 heavy (non-hydrogen) atoms. The van der Waals surface area contributed by atoms with Gasteiger partial charge in [-0.25, -0.2) is 0 Å². The minimum atomic E-state index is -0.0620. The highest BCUT2D eigenvalue weighted by molar-refractivity contribution is 8.00. The molecular formula is C14H21N3OS. The van der Waals surface area contributed by atoms with Crippen molar-refractivity contribution in [2.45, 2.75) is 25.1 Å². The molecule has 1 aliphatic heterocycles. The molecule has 1 amide bonds. The van der Waals surface area contributed by atoms with Gasteiger partial charge in [-0.3, -0.25) is 4.79 Å². The van der Waals surface area contributed by atoms with E-state index in [1.54, 1.807) is 13.1 Å². The lowest BCUT2D eigenvalue weighted by Gasteiger charge is -2.40. The fraction of sp³-hybridized carbons (Fsp3) is 0.500. The Bertz CT molecular complexity index is 478. The number of amides is 1. The average molecular weight is 279 g/mol. The molecule has 1 saturated heterocycles. The molecule has 1 heterocycles. The lowest BCUT2D eigenvalue weighted by molar-refractivity contribution is 0.0963. The zero-order valence-corrected chi connectivity index (χ0v) is 12.5. The molecule has 1 fully saturated rings. The predicted octanol–water partition coefficient (Wildman–Crippen LogP) is 1.96. The number of hydrogen-bond donors (Lipinski definition) is 2. The van der Waals surface area contributed by atoms with Gasteiger partial charge in [-0.2, -0.15) is 11.8 Å². The highest BCUT2D eigenvalue weighted by Gasteiger charge is 2.28. The first-order valence-corrected chi connectivity index (χ1v) is 7.59. The maximum Gasteiger partial charge on any atom is 0.253 e. The summed E-state index contributed by atoms with van der Waals surface area (Å²) in [6.07, 6.45) is 0. The third-order valence-corrected chi connectivity index (χ3v) is 5.02. The highest BCUT2D eigenvalue weighted by atomic mass is 32.2. The molecule has 3 N–H and O–H groups in total. The Kier molecular flexibility index (Phi) is 4.24. The first kappa shape index (κ1) is 14.1. The fourth-order valence-electron chi connectivity index (χ4n) is 2.39. The second-order valence-electron chi connectivity index (χ2n) is 4.87. The molecule has 5 heteroatoms. The van der Waals surface area contributed by atoms with Gasteiger partial charge >= 0.3 is 0 Å². The zero-order chi connectivity index (χ0) is 14.0. The van der Waals surface area contributed by atoms with Crippen LogP contribution in [0.2, 0.25) is 0 Å². The zero-order valence-electron chi connectivity index (χ0n) is 11.6. The summed E-state index contributed by atoms with van der Waals surface area (Å²) in [7, 11) is 1.65. The van der Waals surface area contributed by atoms with Crippen LogP contribution < -0.4 is 16.0 Å². The van der Waals surface area contributed by atoms with Crippen LogP contribution in [0.4, 0.5) is 11.4 Å². The second-order valence-corrected chi connectivity index (χ2v) is 6.35. The summed E-state index contributed by atoms with van der Waals surface area (Å²) in [6, 6.07) is 5.89. The molecule has 104 valence electrons. The van der Waals surface area contributed by atoms with Crippen LogP contribution in [0.5, 0.6) is 0 Å². The maximum absolute atomic E-state index is 12.0. The number of nitrogens with zero attached hydrogens (tertiary/aromatic N) is 1. The van der Waals surface area contributed by atoms with Crippen LogP contribution in [0.25, 0.3) is 0 Å². The second kappa shape index (κ2) is 5.74. The number of anilines is 2. The van der Waals surface area contributed by atoms with Gasteiger partial charge in [0, 0.05) is 36.3 Å². The largest absolute Gasteiger partial charge is 0.399 e. The number of nitrogens with one attached hydrogen (secondary N) is 1. The van der Waals surface area contributed by atoms with Crippen molar-refractivity contribution in [1.82, 2.24) is 5.32 Å². The van der Waals surface area contributed by atoms with Crippen molar-refractivity contribution in [3.05, 3.63) is 23.8 Å². The summed E-state index contributed by atoms with van der Waals surface area (Å²) in [4.78, 5) is 14.3. The summed E-state index contributed by atoms with van der Waals surface area (Å²) in [5.41, 5.74) is 8.23. The van der Waals surface area contributed by atoms with Gasteiger partial charge in [0.1, 0.15) is 0 Å². The Morgan fingerprint density at radius 2 is 2.21 bits per heavy atom. The molecule has 0 aliphatic carbocycles. The summed E-state index contributed by atoms with van der Waals surface area (Å²) in [5.74, 6) is 1.01. The number of carbonyl (C=O) groups excluding carboxylic acids is 1. The van der Waals surface area contributed by atoms with E-state index in [4.69, 9.17) is 5.73 Å². The first-order chi connectivity index (χ1) is 9.04. The third-order valence-electron chi connectivity index (χ3n) is 3.69. The lowest BCUT2D eigenvalue weighted by Crippen LogP contribution is -2.45. The molecule has 1 aromatic rings. The molecule has 1 aromatic carbocycles. The van der Waals surface area contributed by atoms with Crippen LogP contribution in [-0.2, 0) is 0 Å². The van der Waals surface area contributed by atoms with Crippen LogP contribution in [-0.4, -0.2) is 36.5 Å². The average Bonchev–Trinajstić information content (AvgIpc) is 2.41. The van der Waals surface area contributed by atoms with E-state index in [2.05, 4.69) is 24.1 Å². The van der Waals surface area contributed by atoms with Crippen molar-refractivity contribution in [2.24, 2.45) is 0 Å². The molecular weight excluding hydrogens is 258 g/mol. The Morgan fingerprint density at radius 1 is 1.47 bits per heavy atom. The van der Waals surface area contributed by atoms with E-state index in [0.717, 1.165) is 18.0 Å². The minimum Gasteiger partial charge on any atom is -0.399 e. The van der Waals surface area contributed by atoms with Gasteiger partial charge in [0.05, 0.1) is 11.3 Å². The van der Waals surface area contributed by atoms with E-state index in [-0.39, 0.29) is 5.91 Å². The molecule has 4 nitrogen and oxygen atoms in total. The van der Waals surface area contributed by atoms with Gasteiger partial charge in [0.25, 0.3) is 5.91 Å². The summed E-state index contributed by atoms with van der Waals surface area (Å²) in [6.45, 7) is 5.38. The highest BCUT2D eigenvalue weighted by Crippen LogP contribution is 2.32. The van der Waals surface area contributed by atoms with Crippen molar-refractivity contribution in [3.8, 4) is 0 Å². The normalized spacial score (nSPS) is 23.2. The topological polar surface area (TPSA) is 58.4 Å². The number of carbonyl (C=O) groups is 1. The van der Waals surface area contributed by atoms with Crippen LogP contribution in [0.3, 0.4) is 0 Å². The molecule has 0 saturated carbocycles. The van der Waals surface area contributed by atoms with E-state index < -0.39 is 0 Å². The molecule has 1 aliphatic rings. The van der Waals surface area contributed by atoms with Crippen molar-refractivity contribution < 1.29 is 4.79 Å². The van der Waals surface area contributed by atoms with Crippen molar-refractivity contribution in [3.63, 3.8) is 0 Å². The van der Waals surface area contributed by atoms with E-state index in [0.29, 0.717) is 22.5 Å². The maximum atomic E-state index is 12.0. The first-order valence-electron chi connectivity index (χ1n) is 6.54. The molecule has 0 spiro atoms. The predicted molar refractivity (Wildman–Crippen MR) is 83.0 cm³/mol. The van der Waals surface area contributed by atoms with Crippen LogP contribution in [0, 0.1) is 0 Å². The molecule has 2 unspecified atom stereocenters. The number of thioether (sulfide) groups is 1. The molecule has 2 atom stereocenters. The van der Waals surface area contributed by atoms with Gasteiger partial charge in [0.2, 0.25) is 0 Å². The Balaban J connectivity index is 2.42. The molecule has 0 bridgehead atoms. The number of rotatable bonds is 2. The number of nitrogen functional groups attached to an aromatic ring is 1. The quantitative estimate of drug-likeness (QED) is 0.813. The SMILES string of the molecule is CNC(=O)c1ccc(N)cc1N1CCSC(C)C1C. The number of hydrogen-bond acceptors (Lipinski definition) is 4. The van der Waals surface area contributed by atoms with Gasteiger partial charge in [-0.05, 0) is 25.1 Å². The molecule has 0 aromatic heterocycles. The summed E-state index contributed by atoms with van der Waals surface area (Å²) in [5, 5.41) is 3.24. The van der Waals surface area contributed by atoms with Crippen molar-refractivity contribution in [2.75, 3.05) is 30.0 Å². The number of benzene rings is 1. The molecule has 2 rings (SSSR count). The molecule has 0 radical (unpaired) electrons. The fourth-order valence-corrected chi connectivity index (χ4v) is 3.49. The van der Waals surface area contributed by atoms with E-state index in [1.165, 1.54) is 0 Å². The van der Waals surface area contributed by atoms with E-state index in [9.17, 15) is 4.79 Å². The van der Waals surface area contributed by atoms with Crippen molar-refractivity contribution in [1.29, 1.82) is 0 Å². The number of nitrogens with two attached hydrogens (primary N) is 1. The Labute approximate surface area is 118 Å². The van der Waals surface area contributed by atoms with Gasteiger partial charge < -0.3 is 16.0 Å². The van der Waals surface area contributed by atoms with Crippen LogP contribution >= 0.6 is 11.8 Å². The van der Waals surface area contributed by atoms with Crippen molar-refractivity contribution >= 4 is 29.0 Å².